The van der Waals surface area contributed by atoms with Crippen molar-refractivity contribution in [3.8, 4) is 0 Å². The molecule has 2 aromatic heterocycles. The second-order valence-corrected chi connectivity index (χ2v) is 8.23. The van der Waals surface area contributed by atoms with Crippen LogP contribution in [0, 0.1) is 6.92 Å². The molecule has 3 heterocycles. The lowest BCUT2D eigenvalue weighted by molar-refractivity contribution is -0.138. The van der Waals surface area contributed by atoms with Crippen LogP contribution in [0.1, 0.15) is 20.2 Å². The minimum absolute atomic E-state index is 0.0263. The molecule has 1 aliphatic heterocycles. The summed E-state index contributed by atoms with van der Waals surface area (Å²) in [5, 5.41) is 7.25. The third-order valence-electron chi connectivity index (χ3n) is 4.53. The van der Waals surface area contributed by atoms with Gasteiger partial charge in [0.25, 0.3) is 5.91 Å². The van der Waals surface area contributed by atoms with Gasteiger partial charge >= 0.3 is 6.18 Å². The molecule has 0 atom stereocenters. The second kappa shape index (κ2) is 6.75. The first kappa shape index (κ1) is 18.2. The van der Waals surface area contributed by atoms with E-state index in [1.807, 2.05) is 31.2 Å². The van der Waals surface area contributed by atoms with Crippen molar-refractivity contribution >= 4 is 43.8 Å². The summed E-state index contributed by atoms with van der Waals surface area (Å²) in [6.45, 7) is 3.69. The predicted molar refractivity (Wildman–Crippen MR) is 99.6 cm³/mol. The number of carbonyl (C=O) groups excluding carboxylic acids is 1. The number of halogens is 3. The maximum Gasteiger partial charge on any atom is 0.445 e. The van der Waals surface area contributed by atoms with Crippen molar-refractivity contribution in [3.63, 3.8) is 0 Å². The van der Waals surface area contributed by atoms with E-state index in [-0.39, 0.29) is 11.0 Å². The lowest BCUT2D eigenvalue weighted by Crippen LogP contribution is -2.48. The van der Waals surface area contributed by atoms with Crippen molar-refractivity contribution in [2.24, 2.45) is 0 Å². The number of aryl methyl sites for hydroxylation is 1. The number of thiophene rings is 1. The molecule has 27 heavy (non-hydrogen) atoms. The van der Waals surface area contributed by atoms with E-state index in [1.165, 1.54) is 11.3 Å². The van der Waals surface area contributed by atoms with E-state index in [0.717, 1.165) is 20.5 Å². The number of fused-ring (bicyclic) bond motifs is 1. The fraction of sp³-hybridized carbons (Fsp3) is 0.353. The van der Waals surface area contributed by atoms with Gasteiger partial charge in [0, 0.05) is 30.9 Å². The molecule has 1 aliphatic rings. The molecule has 0 spiro atoms. The normalized spacial score (nSPS) is 15.6. The van der Waals surface area contributed by atoms with Gasteiger partial charge in [-0.2, -0.15) is 13.2 Å². The fourth-order valence-electron chi connectivity index (χ4n) is 3.08. The molecule has 0 N–H and O–H groups in total. The van der Waals surface area contributed by atoms with Crippen LogP contribution in [0.3, 0.4) is 0 Å². The molecule has 10 heteroatoms. The molecule has 0 unspecified atom stereocenters. The van der Waals surface area contributed by atoms with E-state index < -0.39 is 11.2 Å². The van der Waals surface area contributed by atoms with Crippen LogP contribution in [-0.2, 0) is 6.18 Å². The van der Waals surface area contributed by atoms with Gasteiger partial charge in [-0.1, -0.05) is 29.5 Å². The molecular formula is C17H15F3N4OS2. The highest BCUT2D eigenvalue weighted by Gasteiger charge is 2.36. The van der Waals surface area contributed by atoms with Crippen LogP contribution in [0.5, 0.6) is 0 Å². The number of hydrogen-bond acceptors (Lipinski definition) is 6. The van der Waals surface area contributed by atoms with Gasteiger partial charge in [-0.05, 0) is 23.9 Å². The Morgan fingerprint density at radius 3 is 2.41 bits per heavy atom. The molecule has 0 aliphatic carbocycles. The SMILES string of the molecule is Cc1c(C(=O)N2CCN(c3nnc(C(F)(F)F)s3)CC2)sc2ccccc12. The summed E-state index contributed by atoms with van der Waals surface area (Å²) in [6, 6.07) is 7.90. The Labute approximate surface area is 161 Å². The van der Waals surface area contributed by atoms with Crippen molar-refractivity contribution in [1.82, 2.24) is 15.1 Å². The molecule has 0 radical (unpaired) electrons. The molecule has 0 saturated carbocycles. The first-order valence-electron chi connectivity index (χ1n) is 8.27. The summed E-state index contributed by atoms with van der Waals surface area (Å²) >= 11 is 2.01. The quantitative estimate of drug-likeness (QED) is 0.637. The molecule has 1 fully saturated rings. The number of carbonyl (C=O) groups is 1. The molecule has 1 saturated heterocycles. The third kappa shape index (κ3) is 3.39. The Hall–Kier alpha value is -2.20. The maximum absolute atomic E-state index is 12.9. The summed E-state index contributed by atoms with van der Waals surface area (Å²) < 4.78 is 39.1. The van der Waals surface area contributed by atoms with Crippen LogP contribution in [0.4, 0.5) is 18.3 Å². The van der Waals surface area contributed by atoms with Crippen LogP contribution < -0.4 is 4.90 Å². The number of rotatable bonds is 2. The highest BCUT2D eigenvalue weighted by atomic mass is 32.1. The van der Waals surface area contributed by atoms with E-state index in [1.54, 1.807) is 9.80 Å². The number of benzene rings is 1. The molecule has 3 aromatic rings. The van der Waals surface area contributed by atoms with Crippen molar-refractivity contribution in [1.29, 1.82) is 0 Å². The van der Waals surface area contributed by atoms with Crippen molar-refractivity contribution in [2.75, 3.05) is 31.1 Å². The van der Waals surface area contributed by atoms with Crippen LogP contribution >= 0.6 is 22.7 Å². The van der Waals surface area contributed by atoms with Gasteiger partial charge in [-0.15, -0.1) is 21.5 Å². The standard InChI is InChI=1S/C17H15F3N4OS2/c1-10-11-4-2-3-5-12(11)26-13(10)14(25)23-6-8-24(9-7-23)16-22-21-15(27-16)17(18,19)20/h2-5H,6-9H2,1H3. The highest BCUT2D eigenvalue weighted by molar-refractivity contribution is 7.21. The smallest absolute Gasteiger partial charge is 0.343 e. The first-order valence-corrected chi connectivity index (χ1v) is 9.91. The zero-order chi connectivity index (χ0) is 19.2. The summed E-state index contributed by atoms with van der Waals surface area (Å²) in [6.07, 6.45) is -4.48. The van der Waals surface area contributed by atoms with Gasteiger partial charge in [0.05, 0.1) is 4.88 Å². The Morgan fingerprint density at radius 2 is 1.78 bits per heavy atom. The molecular weight excluding hydrogens is 397 g/mol. The summed E-state index contributed by atoms with van der Waals surface area (Å²) in [4.78, 5) is 17.1. The molecule has 1 amide bonds. The van der Waals surface area contributed by atoms with E-state index >= 15 is 0 Å². The highest BCUT2D eigenvalue weighted by Crippen LogP contribution is 2.35. The number of piperazine rings is 1. The Balaban J connectivity index is 1.46. The molecule has 1 aromatic carbocycles. The number of amides is 1. The van der Waals surface area contributed by atoms with Gasteiger partial charge in [-0.3, -0.25) is 4.79 Å². The van der Waals surface area contributed by atoms with Gasteiger partial charge in [-0.25, -0.2) is 0 Å². The molecule has 4 rings (SSSR count). The third-order valence-corrected chi connectivity index (χ3v) is 6.82. The average Bonchev–Trinajstić information content (AvgIpc) is 3.27. The molecule has 142 valence electrons. The summed E-state index contributed by atoms with van der Waals surface area (Å²) in [5.41, 5.74) is 0.974. The van der Waals surface area contributed by atoms with Crippen LogP contribution in [0.15, 0.2) is 24.3 Å². The molecule has 0 bridgehead atoms. The van der Waals surface area contributed by atoms with E-state index in [2.05, 4.69) is 10.2 Å². The largest absolute Gasteiger partial charge is 0.445 e. The Kier molecular flexibility index (Phi) is 4.55. The van der Waals surface area contributed by atoms with Gasteiger partial charge in [0.1, 0.15) is 0 Å². The minimum atomic E-state index is -4.48. The Morgan fingerprint density at radius 1 is 1.07 bits per heavy atom. The minimum Gasteiger partial charge on any atom is -0.343 e. The van der Waals surface area contributed by atoms with Gasteiger partial charge < -0.3 is 9.80 Å². The van der Waals surface area contributed by atoms with E-state index in [4.69, 9.17) is 0 Å². The fourth-order valence-corrected chi connectivity index (χ4v) is 5.02. The zero-order valence-electron chi connectivity index (χ0n) is 14.3. The number of nitrogens with zero attached hydrogens (tertiary/aromatic N) is 4. The van der Waals surface area contributed by atoms with E-state index in [9.17, 15) is 18.0 Å². The Bertz CT molecular complexity index is 990. The number of anilines is 1. The predicted octanol–water partition coefficient (Wildman–Crippen LogP) is 4.04. The molecule has 5 nitrogen and oxygen atoms in total. The van der Waals surface area contributed by atoms with Crippen molar-refractivity contribution < 1.29 is 18.0 Å². The lowest BCUT2D eigenvalue weighted by Gasteiger charge is -2.34. The number of hydrogen-bond donors (Lipinski definition) is 0. The van der Waals surface area contributed by atoms with Crippen LogP contribution in [0.25, 0.3) is 10.1 Å². The number of alkyl halides is 3. The monoisotopic (exact) mass is 412 g/mol. The average molecular weight is 412 g/mol. The van der Waals surface area contributed by atoms with Gasteiger partial charge in [0.15, 0.2) is 0 Å². The second-order valence-electron chi connectivity index (χ2n) is 6.22. The topological polar surface area (TPSA) is 49.3 Å². The van der Waals surface area contributed by atoms with Crippen molar-refractivity contribution in [2.45, 2.75) is 13.1 Å². The van der Waals surface area contributed by atoms with Crippen LogP contribution in [-0.4, -0.2) is 47.2 Å². The first-order chi connectivity index (χ1) is 12.8. The number of aromatic nitrogens is 2. The van der Waals surface area contributed by atoms with E-state index in [0.29, 0.717) is 37.5 Å². The lowest BCUT2D eigenvalue weighted by atomic mass is 10.1. The van der Waals surface area contributed by atoms with Crippen LogP contribution in [0.2, 0.25) is 0 Å². The summed E-state index contributed by atoms with van der Waals surface area (Å²) in [5.74, 6) is -0.0263. The maximum atomic E-state index is 12.9. The summed E-state index contributed by atoms with van der Waals surface area (Å²) in [7, 11) is 0. The van der Waals surface area contributed by atoms with Gasteiger partial charge in [0.2, 0.25) is 10.1 Å². The van der Waals surface area contributed by atoms with Crippen molar-refractivity contribution in [3.05, 3.63) is 39.7 Å². The zero-order valence-corrected chi connectivity index (χ0v) is 15.9.